The Kier molecular flexibility index (Phi) is 5.91. The van der Waals surface area contributed by atoms with E-state index in [1.165, 1.54) is 0 Å². The first-order valence-electron chi connectivity index (χ1n) is 5.31. The van der Waals surface area contributed by atoms with Crippen molar-refractivity contribution in [2.24, 2.45) is 0 Å². The van der Waals surface area contributed by atoms with Crippen LogP contribution in [-0.2, 0) is 9.47 Å². The van der Waals surface area contributed by atoms with Crippen molar-refractivity contribution in [1.29, 1.82) is 0 Å². The molecular weight excluding hydrogens is 206 g/mol. The van der Waals surface area contributed by atoms with Gasteiger partial charge in [-0.15, -0.1) is 12.8 Å². The second kappa shape index (κ2) is 6.39. The molecule has 4 nitrogen and oxygen atoms in total. The third-order valence-corrected chi connectivity index (χ3v) is 1.89. The first-order valence-corrected chi connectivity index (χ1v) is 5.31. The third-order valence-electron chi connectivity index (χ3n) is 1.89. The van der Waals surface area contributed by atoms with Gasteiger partial charge in [-0.05, 0) is 27.7 Å². The molecule has 1 atom stereocenters. The fraction of sp³-hybridized carbons (Fsp3) is 0.750. The predicted molar refractivity (Wildman–Crippen MR) is 63.1 cm³/mol. The molecule has 0 aliphatic carbocycles. The minimum absolute atomic E-state index is 0.108. The van der Waals surface area contributed by atoms with E-state index in [1.807, 2.05) is 27.7 Å². The van der Waals surface area contributed by atoms with Crippen LogP contribution in [-0.4, -0.2) is 42.4 Å². The quantitative estimate of drug-likeness (QED) is 0.593. The van der Waals surface area contributed by atoms with Crippen molar-refractivity contribution in [2.45, 2.75) is 39.4 Å². The van der Waals surface area contributed by atoms with E-state index >= 15 is 0 Å². The lowest BCUT2D eigenvalue weighted by Gasteiger charge is -2.32. The van der Waals surface area contributed by atoms with E-state index in [0.717, 1.165) is 0 Å². The number of hydrogen-bond donors (Lipinski definition) is 0. The largest absolute Gasteiger partial charge is 0.444 e. The van der Waals surface area contributed by atoms with Gasteiger partial charge in [-0.2, -0.15) is 0 Å². The summed E-state index contributed by atoms with van der Waals surface area (Å²) in [6.07, 6.45) is 7.86. The zero-order valence-corrected chi connectivity index (χ0v) is 10.5. The van der Waals surface area contributed by atoms with Crippen molar-refractivity contribution in [3.8, 4) is 12.8 Å². The van der Waals surface area contributed by atoms with Crippen LogP contribution in [0.25, 0.3) is 0 Å². The number of amides is 1. The third kappa shape index (κ3) is 5.62. The highest BCUT2D eigenvalue weighted by Gasteiger charge is 2.25. The number of ether oxygens (including phenoxy) is 2. The van der Waals surface area contributed by atoms with Gasteiger partial charge < -0.3 is 14.4 Å². The number of terminal acetylenes is 1. The van der Waals surface area contributed by atoms with Gasteiger partial charge in [0.15, 0.2) is 0 Å². The molecule has 0 aromatic rings. The van der Waals surface area contributed by atoms with Crippen molar-refractivity contribution in [3.63, 3.8) is 0 Å². The minimum atomic E-state index is -0.418. The van der Waals surface area contributed by atoms with Gasteiger partial charge >= 0.3 is 6.09 Å². The molecule has 0 N–H and O–H groups in total. The maximum atomic E-state index is 11.6. The Labute approximate surface area is 97.9 Å². The smallest absolute Gasteiger partial charge is 0.410 e. The molecule has 1 saturated heterocycles. The highest BCUT2D eigenvalue weighted by molar-refractivity contribution is 5.68. The standard InChI is InChI=1S/C10H19NO3.C2H2/c1-8-7-11(5-6-13-8)9(12)14-10(2,3)4;1-2/h8H,5-7H2,1-4H3;1-2H. The predicted octanol–water partition coefficient (Wildman–Crippen LogP) is 1.89. The molecule has 1 fully saturated rings. The van der Waals surface area contributed by atoms with Crippen LogP contribution in [0.5, 0.6) is 0 Å². The number of morpholine rings is 1. The van der Waals surface area contributed by atoms with E-state index in [2.05, 4.69) is 12.8 Å². The molecule has 1 aliphatic heterocycles. The summed E-state index contributed by atoms with van der Waals surface area (Å²) in [6.45, 7) is 9.41. The van der Waals surface area contributed by atoms with Crippen LogP contribution < -0.4 is 0 Å². The zero-order chi connectivity index (χ0) is 12.8. The number of nitrogens with zero attached hydrogens (tertiary/aromatic N) is 1. The Morgan fingerprint density at radius 3 is 2.44 bits per heavy atom. The van der Waals surface area contributed by atoms with Crippen molar-refractivity contribution >= 4 is 6.09 Å². The van der Waals surface area contributed by atoms with Gasteiger partial charge in [-0.25, -0.2) is 4.79 Å². The first kappa shape index (κ1) is 14.8. The Bertz CT molecular complexity index is 242. The molecule has 92 valence electrons. The summed E-state index contributed by atoms with van der Waals surface area (Å²) in [6, 6.07) is 0. The SMILES string of the molecule is C#C.CC1CN(C(=O)OC(C)(C)C)CCO1. The molecule has 4 heteroatoms. The van der Waals surface area contributed by atoms with Gasteiger partial charge in [-0.1, -0.05) is 0 Å². The average Bonchev–Trinajstić information content (AvgIpc) is 2.18. The topological polar surface area (TPSA) is 38.8 Å². The first-order chi connectivity index (χ1) is 7.38. The lowest BCUT2D eigenvalue weighted by molar-refractivity contribution is -0.0353. The summed E-state index contributed by atoms with van der Waals surface area (Å²) in [5.41, 5.74) is -0.418. The van der Waals surface area contributed by atoms with Crippen LogP contribution in [0.3, 0.4) is 0 Å². The van der Waals surface area contributed by atoms with E-state index in [4.69, 9.17) is 9.47 Å². The zero-order valence-electron chi connectivity index (χ0n) is 10.5. The molecule has 0 aromatic heterocycles. The second-order valence-corrected chi connectivity index (χ2v) is 4.61. The maximum Gasteiger partial charge on any atom is 0.410 e. The van der Waals surface area contributed by atoms with Gasteiger partial charge in [0.25, 0.3) is 0 Å². The lowest BCUT2D eigenvalue weighted by Crippen LogP contribution is -2.46. The van der Waals surface area contributed by atoms with Gasteiger partial charge in [0.2, 0.25) is 0 Å². The molecule has 1 rings (SSSR count). The normalized spacial score (nSPS) is 20.6. The number of rotatable bonds is 0. The molecular formula is C12H21NO3. The van der Waals surface area contributed by atoms with Gasteiger partial charge in [0.1, 0.15) is 5.60 Å². The van der Waals surface area contributed by atoms with Crippen LogP contribution >= 0.6 is 0 Å². The van der Waals surface area contributed by atoms with E-state index in [1.54, 1.807) is 4.90 Å². The van der Waals surface area contributed by atoms with Crippen LogP contribution in [0.1, 0.15) is 27.7 Å². The Hall–Kier alpha value is -1.21. The maximum absolute atomic E-state index is 11.6. The highest BCUT2D eigenvalue weighted by atomic mass is 16.6. The lowest BCUT2D eigenvalue weighted by atomic mass is 10.2. The molecule has 1 amide bonds. The molecule has 0 bridgehead atoms. The second-order valence-electron chi connectivity index (χ2n) is 4.61. The highest BCUT2D eigenvalue weighted by Crippen LogP contribution is 2.12. The van der Waals surface area contributed by atoms with Crippen molar-refractivity contribution in [2.75, 3.05) is 19.7 Å². The molecule has 1 heterocycles. The summed E-state index contributed by atoms with van der Waals surface area (Å²) < 4.78 is 10.6. The number of hydrogen-bond acceptors (Lipinski definition) is 3. The van der Waals surface area contributed by atoms with Crippen molar-refractivity contribution in [1.82, 2.24) is 4.90 Å². The average molecular weight is 227 g/mol. The van der Waals surface area contributed by atoms with Crippen molar-refractivity contribution < 1.29 is 14.3 Å². The minimum Gasteiger partial charge on any atom is -0.444 e. The molecule has 0 spiro atoms. The van der Waals surface area contributed by atoms with Crippen molar-refractivity contribution in [3.05, 3.63) is 0 Å². The van der Waals surface area contributed by atoms with E-state index < -0.39 is 5.60 Å². The molecule has 0 saturated carbocycles. The molecule has 1 unspecified atom stereocenters. The fourth-order valence-electron chi connectivity index (χ4n) is 1.31. The van der Waals surface area contributed by atoms with Crippen LogP contribution in [0.4, 0.5) is 4.79 Å². The van der Waals surface area contributed by atoms with E-state index in [0.29, 0.717) is 19.7 Å². The van der Waals surface area contributed by atoms with E-state index in [-0.39, 0.29) is 12.2 Å². The molecule has 0 aromatic carbocycles. The monoisotopic (exact) mass is 227 g/mol. The summed E-state index contributed by atoms with van der Waals surface area (Å²) in [5, 5.41) is 0. The summed E-state index contributed by atoms with van der Waals surface area (Å²) in [5.74, 6) is 0. The Balaban J connectivity index is 0.00000106. The Morgan fingerprint density at radius 2 is 2.00 bits per heavy atom. The fourth-order valence-corrected chi connectivity index (χ4v) is 1.31. The molecule has 1 aliphatic rings. The molecule has 0 radical (unpaired) electrons. The summed E-state index contributed by atoms with van der Waals surface area (Å²) in [4.78, 5) is 13.3. The van der Waals surface area contributed by atoms with Gasteiger partial charge in [0, 0.05) is 6.54 Å². The van der Waals surface area contributed by atoms with Gasteiger partial charge in [0.05, 0.1) is 19.3 Å². The Morgan fingerprint density at radius 1 is 1.44 bits per heavy atom. The molecule has 16 heavy (non-hydrogen) atoms. The number of carbonyl (C=O) groups is 1. The summed E-state index contributed by atoms with van der Waals surface area (Å²) >= 11 is 0. The van der Waals surface area contributed by atoms with E-state index in [9.17, 15) is 4.79 Å². The number of carbonyl (C=O) groups excluding carboxylic acids is 1. The summed E-state index contributed by atoms with van der Waals surface area (Å²) in [7, 11) is 0. The van der Waals surface area contributed by atoms with Crippen LogP contribution in [0, 0.1) is 12.8 Å². The van der Waals surface area contributed by atoms with Gasteiger partial charge in [-0.3, -0.25) is 0 Å². The van der Waals surface area contributed by atoms with Crippen LogP contribution in [0.15, 0.2) is 0 Å². The van der Waals surface area contributed by atoms with Crippen LogP contribution in [0.2, 0.25) is 0 Å².